The smallest absolute Gasteiger partial charge is 0.337 e. The number of hydrogen-bond acceptors (Lipinski definition) is 2. The second kappa shape index (κ2) is 3.21. The van der Waals surface area contributed by atoms with Gasteiger partial charge in [0, 0.05) is 0 Å². The topological polar surface area (TPSA) is 63.3 Å². The zero-order chi connectivity index (χ0) is 9.30. The third-order valence-electron chi connectivity index (χ3n) is 1.34. The quantitative estimate of drug-likeness (QED) is 0.692. The number of aromatic carboxylic acids is 1. The Morgan fingerprint density at radius 2 is 1.92 bits per heavy atom. The van der Waals surface area contributed by atoms with E-state index in [-0.39, 0.29) is 21.3 Å². The molecule has 0 amide bonds. The summed E-state index contributed by atoms with van der Waals surface area (Å²) in [5.41, 5.74) is 5.60. The molecule has 0 aromatic heterocycles. The van der Waals surface area contributed by atoms with E-state index in [2.05, 4.69) is 0 Å². The predicted molar refractivity (Wildman–Crippen MR) is 47.8 cm³/mol. The van der Waals surface area contributed by atoms with Gasteiger partial charge >= 0.3 is 5.97 Å². The van der Waals surface area contributed by atoms with E-state index in [0.29, 0.717) is 0 Å². The molecule has 1 rings (SSSR count). The molecule has 1 aromatic carbocycles. The van der Waals surface area contributed by atoms with Gasteiger partial charge in [-0.1, -0.05) is 23.2 Å². The monoisotopic (exact) mass is 205 g/mol. The lowest BCUT2D eigenvalue weighted by molar-refractivity contribution is 0.0697. The molecule has 5 heteroatoms. The molecule has 0 radical (unpaired) electrons. The Bertz CT molecular complexity index is 338. The molecular formula is C7H5Cl2NO2. The predicted octanol–water partition coefficient (Wildman–Crippen LogP) is 2.27. The van der Waals surface area contributed by atoms with E-state index in [1.165, 1.54) is 12.1 Å². The molecular weight excluding hydrogens is 201 g/mol. The summed E-state index contributed by atoms with van der Waals surface area (Å²) >= 11 is 11.2. The standard InChI is InChI=1S/C7H5Cl2NO2/c8-5-3(7(11)12)1-2-4(10)6(5)9/h1-2H,10H2,(H,11,12). The van der Waals surface area contributed by atoms with Gasteiger partial charge in [0.2, 0.25) is 0 Å². The number of carboxylic acid groups (broad SMARTS) is 1. The molecule has 0 atom stereocenters. The van der Waals surface area contributed by atoms with Crippen molar-refractivity contribution in [1.29, 1.82) is 0 Å². The van der Waals surface area contributed by atoms with Crippen LogP contribution in [0.1, 0.15) is 10.4 Å². The molecule has 0 saturated carbocycles. The van der Waals surface area contributed by atoms with Crippen LogP contribution in [0.4, 0.5) is 5.69 Å². The molecule has 64 valence electrons. The second-order valence-corrected chi connectivity index (χ2v) is 2.89. The number of nitrogen functional groups attached to an aromatic ring is 1. The van der Waals surface area contributed by atoms with E-state index in [9.17, 15) is 4.79 Å². The van der Waals surface area contributed by atoms with Gasteiger partial charge in [-0.3, -0.25) is 0 Å². The summed E-state index contributed by atoms with van der Waals surface area (Å²) in [6.45, 7) is 0. The van der Waals surface area contributed by atoms with Gasteiger partial charge in [-0.2, -0.15) is 0 Å². The third kappa shape index (κ3) is 1.47. The Labute approximate surface area is 78.7 Å². The minimum absolute atomic E-state index is 0.0239. The van der Waals surface area contributed by atoms with Crippen molar-refractivity contribution in [3.63, 3.8) is 0 Å². The van der Waals surface area contributed by atoms with Gasteiger partial charge in [-0.25, -0.2) is 4.79 Å². The molecule has 1 aromatic rings. The van der Waals surface area contributed by atoms with E-state index in [1.54, 1.807) is 0 Å². The number of hydrogen-bond donors (Lipinski definition) is 2. The normalized spacial score (nSPS) is 9.83. The van der Waals surface area contributed by atoms with Crippen LogP contribution in [-0.4, -0.2) is 11.1 Å². The SMILES string of the molecule is Nc1ccc(C(=O)O)c(Cl)c1Cl. The summed E-state index contributed by atoms with van der Waals surface area (Å²) in [5, 5.41) is 8.65. The summed E-state index contributed by atoms with van der Waals surface area (Å²) in [5.74, 6) is -1.12. The van der Waals surface area contributed by atoms with Crippen molar-refractivity contribution >= 4 is 34.9 Å². The fourth-order valence-corrected chi connectivity index (χ4v) is 1.15. The first-order valence-corrected chi connectivity index (χ1v) is 3.76. The van der Waals surface area contributed by atoms with E-state index in [1.807, 2.05) is 0 Å². The first-order chi connectivity index (χ1) is 5.54. The highest BCUT2D eigenvalue weighted by Crippen LogP contribution is 2.30. The molecule has 3 nitrogen and oxygen atoms in total. The molecule has 0 saturated heterocycles. The fraction of sp³-hybridized carbons (Fsp3) is 0. The first-order valence-electron chi connectivity index (χ1n) is 3.01. The maximum atomic E-state index is 10.5. The lowest BCUT2D eigenvalue weighted by Gasteiger charge is -2.02. The molecule has 0 aliphatic rings. The van der Waals surface area contributed by atoms with E-state index in [4.69, 9.17) is 34.0 Å². The Balaban J connectivity index is 3.36. The van der Waals surface area contributed by atoms with Crippen LogP contribution in [0.15, 0.2) is 12.1 Å². The Kier molecular flexibility index (Phi) is 2.45. The number of rotatable bonds is 1. The zero-order valence-corrected chi connectivity index (χ0v) is 7.36. The molecule has 12 heavy (non-hydrogen) atoms. The molecule has 0 heterocycles. The van der Waals surface area contributed by atoms with Crippen molar-refractivity contribution in [3.05, 3.63) is 27.7 Å². The van der Waals surface area contributed by atoms with Gasteiger partial charge < -0.3 is 10.8 Å². The van der Waals surface area contributed by atoms with E-state index in [0.717, 1.165) is 0 Å². The maximum absolute atomic E-state index is 10.5. The Morgan fingerprint density at radius 1 is 1.33 bits per heavy atom. The molecule has 3 N–H and O–H groups in total. The lowest BCUT2D eigenvalue weighted by Crippen LogP contribution is -1.99. The van der Waals surface area contributed by atoms with Gasteiger partial charge in [-0.15, -0.1) is 0 Å². The number of carboxylic acids is 1. The van der Waals surface area contributed by atoms with Crippen LogP contribution in [0, 0.1) is 0 Å². The van der Waals surface area contributed by atoms with Gasteiger partial charge in [0.15, 0.2) is 0 Å². The lowest BCUT2D eigenvalue weighted by atomic mass is 10.2. The summed E-state index contributed by atoms with van der Waals surface area (Å²) < 4.78 is 0. The van der Waals surface area contributed by atoms with Gasteiger partial charge in [0.25, 0.3) is 0 Å². The van der Waals surface area contributed by atoms with Crippen molar-refractivity contribution < 1.29 is 9.90 Å². The average Bonchev–Trinajstić information content (AvgIpc) is 2.00. The second-order valence-electron chi connectivity index (χ2n) is 2.14. The summed E-state index contributed by atoms with van der Waals surface area (Å²) in [6.07, 6.45) is 0. The van der Waals surface area contributed by atoms with Gasteiger partial charge in [0.05, 0.1) is 21.3 Å². The largest absolute Gasteiger partial charge is 0.478 e. The summed E-state index contributed by atoms with van der Waals surface area (Å²) in [6, 6.07) is 2.71. The van der Waals surface area contributed by atoms with Crippen LogP contribution in [0.2, 0.25) is 10.0 Å². The summed E-state index contributed by atoms with van der Waals surface area (Å²) in [4.78, 5) is 10.5. The highest BCUT2D eigenvalue weighted by atomic mass is 35.5. The first kappa shape index (κ1) is 9.16. The minimum atomic E-state index is -1.12. The molecule has 0 fully saturated rings. The number of halogens is 2. The Hall–Kier alpha value is -0.930. The highest BCUT2D eigenvalue weighted by Gasteiger charge is 2.12. The van der Waals surface area contributed by atoms with Crippen molar-refractivity contribution in [2.45, 2.75) is 0 Å². The fourth-order valence-electron chi connectivity index (χ4n) is 0.730. The van der Waals surface area contributed by atoms with Crippen LogP contribution in [-0.2, 0) is 0 Å². The third-order valence-corrected chi connectivity index (χ3v) is 2.24. The van der Waals surface area contributed by atoms with E-state index < -0.39 is 5.97 Å². The van der Waals surface area contributed by atoms with Crippen LogP contribution >= 0.6 is 23.2 Å². The Morgan fingerprint density at radius 3 is 2.42 bits per heavy atom. The van der Waals surface area contributed by atoms with Crippen LogP contribution < -0.4 is 5.73 Å². The van der Waals surface area contributed by atoms with Crippen LogP contribution in [0.5, 0.6) is 0 Å². The van der Waals surface area contributed by atoms with Crippen LogP contribution in [0.3, 0.4) is 0 Å². The van der Waals surface area contributed by atoms with Crippen LogP contribution in [0.25, 0.3) is 0 Å². The molecule has 0 aliphatic heterocycles. The van der Waals surface area contributed by atoms with Crippen molar-refractivity contribution in [1.82, 2.24) is 0 Å². The van der Waals surface area contributed by atoms with Gasteiger partial charge in [0.1, 0.15) is 0 Å². The zero-order valence-electron chi connectivity index (χ0n) is 5.84. The molecule has 0 unspecified atom stereocenters. The van der Waals surface area contributed by atoms with Gasteiger partial charge in [-0.05, 0) is 12.1 Å². The summed E-state index contributed by atoms with van der Waals surface area (Å²) in [7, 11) is 0. The highest BCUT2D eigenvalue weighted by molar-refractivity contribution is 6.45. The minimum Gasteiger partial charge on any atom is -0.478 e. The van der Waals surface area contributed by atoms with E-state index >= 15 is 0 Å². The molecule has 0 spiro atoms. The number of benzene rings is 1. The molecule has 0 aliphatic carbocycles. The van der Waals surface area contributed by atoms with Crippen molar-refractivity contribution in [2.24, 2.45) is 0 Å². The maximum Gasteiger partial charge on any atom is 0.337 e. The number of carbonyl (C=O) groups is 1. The van der Waals surface area contributed by atoms with Crippen molar-refractivity contribution in [2.75, 3.05) is 5.73 Å². The number of nitrogens with two attached hydrogens (primary N) is 1. The number of anilines is 1. The molecule has 0 bridgehead atoms. The van der Waals surface area contributed by atoms with Crippen molar-refractivity contribution in [3.8, 4) is 0 Å². The average molecular weight is 206 g/mol.